The smallest absolute Gasteiger partial charge is 0.259 e. The highest BCUT2D eigenvalue weighted by Gasteiger charge is 2.55. The molecule has 1 heterocycles. The molecule has 0 saturated heterocycles. The van der Waals surface area contributed by atoms with Crippen LogP contribution in [-0.4, -0.2) is 34.8 Å². The van der Waals surface area contributed by atoms with Crippen molar-refractivity contribution in [3.05, 3.63) is 88.1 Å². The van der Waals surface area contributed by atoms with Crippen molar-refractivity contribution in [3.63, 3.8) is 0 Å². The lowest BCUT2D eigenvalue weighted by Crippen LogP contribution is -2.39. The number of aliphatic hydroxyl groups excluding tert-OH is 1. The Hall–Kier alpha value is -4.66. The number of hydrogen-bond acceptors (Lipinski definition) is 7. The summed E-state index contributed by atoms with van der Waals surface area (Å²) in [5.74, 6) is -3.56. The van der Waals surface area contributed by atoms with Gasteiger partial charge in [0.2, 0.25) is 0 Å². The molecule has 2 aliphatic rings. The van der Waals surface area contributed by atoms with E-state index in [1.54, 1.807) is 30.3 Å². The Bertz CT molecular complexity index is 1600. The number of Topliss-reactive ketones (excluding diaryl/α,β-unsaturated/α-hetero) is 2. The van der Waals surface area contributed by atoms with E-state index in [0.717, 1.165) is 13.0 Å². The first-order chi connectivity index (χ1) is 17.6. The quantitative estimate of drug-likeness (QED) is 0.447. The van der Waals surface area contributed by atoms with Crippen molar-refractivity contribution in [2.24, 2.45) is 0 Å². The second-order valence-corrected chi connectivity index (χ2v) is 8.99. The summed E-state index contributed by atoms with van der Waals surface area (Å²) in [6.07, 6.45) is 1.16. The number of carbonyl (C=O) groups is 3. The monoisotopic (exact) mass is 503 g/mol. The molecule has 3 aromatic rings. The molecule has 0 unspecified atom stereocenters. The Balaban J connectivity index is 1.55. The third-order valence-electron chi connectivity index (χ3n) is 6.85. The van der Waals surface area contributed by atoms with Gasteiger partial charge in [0.25, 0.3) is 5.91 Å². The number of phenolic OH excluding ortho intramolecular Hbond substituents is 1. The Labute approximate surface area is 210 Å². The Morgan fingerprint density at radius 2 is 1.84 bits per heavy atom. The third kappa shape index (κ3) is 3.46. The zero-order chi connectivity index (χ0) is 26.6. The minimum Gasteiger partial charge on any atom is -0.507 e. The lowest BCUT2D eigenvalue weighted by atomic mass is 9.71. The van der Waals surface area contributed by atoms with E-state index in [1.807, 2.05) is 0 Å². The summed E-state index contributed by atoms with van der Waals surface area (Å²) in [7, 11) is 1.31. The predicted molar refractivity (Wildman–Crippen MR) is 131 cm³/mol. The molecule has 0 aromatic heterocycles. The maximum Gasteiger partial charge on any atom is 0.259 e. The number of amides is 1. The summed E-state index contributed by atoms with van der Waals surface area (Å²) in [5.41, 5.74) is -1.68. The number of ketones is 2. The van der Waals surface area contributed by atoms with Crippen LogP contribution in [0.2, 0.25) is 0 Å². The average molecular weight is 503 g/mol. The van der Waals surface area contributed by atoms with Crippen molar-refractivity contribution in [1.82, 2.24) is 5.32 Å². The minimum absolute atomic E-state index is 0.00249. The molecular formula is C28H22FNO7. The molecule has 8 nitrogen and oxygen atoms in total. The molecule has 0 spiro atoms. The van der Waals surface area contributed by atoms with E-state index in [-0.39, 0.29) is 40.7 Å². The molecule has 37 heavy (non-hydrogen) atoms. The standard InChI is InChI=1S/C28H22FNO7/c1-13(31)22-18(32)10-21-28(2,26(22)34)24-20(37-21)11-19(36-3)23(25(24)33)27(35)30-12-14-8-9-17(29)16-7-5-4-6-15(14)16/h4-11,32-33H,12H2,1-3H3,(H,30,35)/t28-/m1/s1. The van der Waals surface area contributed by atoms with Gasteiger partial charge in [-0.25, -0.2) is 4.39 Å². The molecule has 1 aliphatic carbocycles. The number of halogens is 1. The number of methoxy groups -OCH3 is 1. The molecule has 0 fully saturated rings. The maximum absolute atomic E-state index is 14.2. The summed E-state index contributed by atoms with van der Waals surface area (Å²) in [5, 5.41) is 25.3. The topological polar surface area (TPSA) is 122 Å². The van der Waals surface area contributed by atoms with E-state index in [4.69, 9.17) is 9.47 Å². The van der Waals surface area contributed by atoms with Crippen molar-refractivity contribution in [3.8, 4) is 17.2 Å². The first-order valence-corrected chi connectivity index (χ1v) is 11.4. The van der Waals surface area contributed by atoms with Crippen molar-refractivity contribution in [2.75, 3.05) is 7.11 Å². The van der Waals surface area contributed by atoms with Gasteiger partial charge in [0, 0.05) is 24.1 Å². The van der Waals surface area contributed by atoms with Gasteiger partial charge in [-0.1, -0.05) is 30.3 Å². The van der Waals surface area contributed by atoms with Gasteiger partial charge in [-0.2, -0.15) is 0 Å². The second-order valence-electron chi connectivity index (χ2n) is 8.99. The zero-order valence-electron chi connectivity index (χ0n) is 20.1. The molecule has 1 aliphatic heterocycles. The Morgan fingerprint density at radius 3 is 2.51 bits per heavy atom. The lowest BCUT2D eigenvalue weighted by Gasteiger charge is -2.28. The molecule has 3 N–H and O–H groups in total. The fourth-order valence-electron chi connectivity index (χ4n) is 4.95. The number of ether oxygens (including phenoxy) is 2. The van der Waals surface area contributed by atoms with E-state index >= 15 is 0 Å². The summed E-state index contributed by atoms with van der Waals surface area (Å²) in [6.45, 7) is 2.61. The second kappa shape index (κ2) is 8.48. The number of hydrogen-bond donors (Lipinski definition) is 3. The number of benzene rings is 3. The number of fused-ring (bicyclic) bond motifs is 4. The highest BCUT2D eigenvalue weighted by Crippen LogP contribution is 2.55. The minimum atomic E-state index is -1.65. The summed E-state index contributed by atoms with van der Waals surface area (Å²) in [4.78, 5) is 38.8. The molecular weight excluding hydrogens is 481 g/mol. The van der Waals surface area contributed by atoms with Crippen molar-refractivity contribution in [2.45, 2.75) is 25.8 Å². The third-order valence-corrected chi connectivity index (χ3v) is 6.85. The summed E-state index contributed by atoms with van der Waals surface area (Å²) < 4.78 is 25.3. The van der Waals surface area contributed by atoms with Crippen molar-refractivity contribution in [1.29, 1.82) is 0 Å². The number of rotatable bonds is 5. The largest absolute Gasteiger partial charge is 0.507 e. The van der Waals surface area contributed by atoms with Gasteiger partial charge in [-0.3, -0.25) is 14.4 Å². The van der Waals surface area contributed by atoms with E-state index in [9.17, 15) is 29.0 Å². The fourth-order valence-corrected chi connectivity index (χ4v) is 4.95. The van der Waals surface area contributed by atoms with Gasteiger partial charge in [-0.05, 0) is 30.9 Å². The van der Waals surface area contributed by atoms with Crippen molar-refractivity contribution < 1.29 is 38.5 Å². The molecule has 1 amide bonds. The number of allylic oxidation sites excluding steroid dienone is 3. The van der Waals surface area contributed by atoms with Crippen LogP contribution in [0, 0.1) is 5.82 Å². The van der Waals surface area contributed by atoms with Gasteiger partial charge >= 0.3 is 0 Å². The number of nitrogens with one attached hydrogen (secondary N) is 1. The molecule has 0 bridgehead atoms. The van der Waals surface area contributed by atoms with E-state index in [2.05, 4.69) is 5.32 Å². The van der Waals surface area contributed by atoms with Crippen LogP contribution in [-0.2, 0) is 21.5 Å². The van der Waals surface area contributed by atoms with Gasteiger partial charge in [0.1, 0.15) is 51.1 Å². The Kier molecular flexibility index (Phi) is 5.51. The van der Waals surface area contributed by atoms with Crippen LogP contribution in [0.4, 0.5) is 4.39 Å². The number of phenols is 1. The molecule has 0 radical (unpaired) electrons. The lowest BCUT2D eigenvalue weighted by molar-refractivity contribution is -0.123. The number of carbonyl (C=O) groups excluding carboxylic acids is 3. The van der Waals surface area contributed by atoms with E-state index < -0.39 is 40.0 Å². The van der Waals surface area contributed by atoms with Crippen LogP contribution in [0.5, 0.6) is 17.2 Å². The van der Waals surface area contributed by atoms with Crippen LogP contribution in [0.1, 0.15) is 35.3 Å². The van der Waals surface area contributed by atoms with Crippen LogP contribution in [0.3, 0.4) is 0 Å². The Morgan fingerprint density at radius 1 is 1.14 bits per heavy atom. The van der Waals surface area contributed by atoms with Crippen molar-refractivity contribution >= 4 is 28.2 Å². The number of aromatic hydroxyl groups is 1. The molecule has 3 aromatic carbocycles. The van der Waals surface area contributed by atoms with Gasteiger partial charge in [-0.15, -0.1) is 0 Å². The maximum atomic E-state index is 14.2. The fraction of sp³-hybridized carbons (Fsp3) is 0.179. The first-order valence-electron chi connectivity index (χ1n) is 11.4. The molecule has 9 heteroatoms. The zero-order valence-corrected chi connectivity index (χ0v) is 20.1. The summed E-state index contributed by atoms with van der Waals surface area (Å²) >= 11 is 0. The van der Waals surface area contributed by atoms with Gasteiger partial charge in [0.05, 0.1) is 12.7 Å². The molecule has 5 rings (SSSR count). The SMILES string of the molecule is COc1cc2c(c(O)c1C(=O)NCc1ccc(F)c3ccccc13)[C@]1(C)C(=O)C(C(C)=O)=C(O)C=C1O2. The average Bonchev–Trinajstić information content (AvgIpc) is 3.16. The van der Waals surface area contributed by atoms with Crippen LogP contribution in [0.25, 0.3) is 10.8 Å². The van der Waals surface area contributed by atoms with Crippen LogP contribution < -0.4 is 14.8 Å². The van der Waals surface area contributed by atoms with E-state index in [0.29, 0.717) is 16.3 Å². The number of aliphatic hydroxyl groups is 1. The highest BCUT2D eigenvalue weighted by atomic mass is 19.1. The first kappa shape index (κ1) is 24.1. The predicted octanol–water partition coefficient (Wildman–Crippen LogP) is 4.14. The van der Waals surface area contributed by atoms with Crippen LogP contribution >= 0.6 is 0 Å². The van der Waals surface area contributed by atoms with Gasteiger partial charge in [0.15, 0.2) is 11.6 Å². The highest BCUT2D eigenvalue weighted by molar-refractivity contribution is 6.25. The molecule has 188 valence electrons. The van der Waals surface area contributed by atoms with Gasteiger partial charge < -0.3 is 25.0 Å². The normalized spacial score (nSPS) is 18.2. The van der Waals surface area contributed by atoms with E-state index in [1.165, 1.54) is 26.2 Å². The molecule has 1 atom stereocenters. The molecule has 0 saturated carbocycles. The van der Waals surface area contributed by atoms with Crippen LogP contribution in [0.15, 0.2) is 65.6 Å². The summed E-state index contributed by atoms with van der Waals surface area (Å²) in [6, 6.07) is 11.1.